The molecule has 0 spiro atoms. The molecule has 6 heteroatoms. The molecule has 2 heterocycles. The largest absolute Gasteiger partial charge is 0.423 e. The molecular weight excluding hydrogens is 389 g/mol. The predicted molar refractivity (Wildman–Crippen MR) is 113 cm³/mol. The highest BCUT2D eigenvalue weighted by molar-refractivity contribution is 7.99. The fourth-order valence-electron chi connectivity index (χ4n) is 3.81. The molecule has 1 unspecified atom stereocenters. The van der Waals surface area contributed by atoms with Crippen molar-refractivity contribution >= 4 is 28.6 Å². The number of rotatable bonds is 4. The van der Waals surface area contributed by atoms with Crippen molar-refractivity contribution in [1.82, 2.24) is 5.32 Å². The van der Waals surface area contributed by atoms with Crippen LogP contribution in [0.2, 0.25) is 0 Å². The van der Waals surface area contributed by atoms with Gasteiger partial charge in [0.2, 0.25) is 5.91 Å². The van der Waals surface area contributed by atoms with E-state index in [4.69, 9.17) is 4.42 Å². The standard InChI is InChI=1S/C23H22FNO3S/c1-13-3-5-16-14(2)17(23(27)28-20(16)11-13)6-8-22(26)25-19-9-10-29-21-7-4-15(24)12-18(19)21/h3-5,7,11-12,19H,6,8-10H2,1-2H3,(H,25,26). The first-order chi connectivity index (χ1) is 13.9. The summed E-state index contributed by atoms with van der Waals surface area (Å²) in [5.41, 5.74) is 3.41. The van der Waals surface area contributed by atoms with Gasteiger partial charge in [0.15, 0.2) is 0 Å². The number of carbonyl (C=O) groups is 1. The van der Waals surface area contributed by atoms with Gasteiger partial charge in [-0.3, -0.25) is 4.79 Å². The van der Waals surface area contributed by atoms with E-state index in [0.29, 0.717) is 17.6 Å². The van der Waals surface area contributed by atoms with Crippen molar-refractivity contribution in [1.29, 1.82) is 0 Å². The molecule has 4 rings (SSSR count). The van der Waals surface area contributed by atoms with E-state index in [1.165, 1.54) is 12.1 Å². The zero-order valence-corrected chi connectivity index (χ0v) is 17.2. The lowest BCUT2D eigenvalue weighted by atomic mass is 10.0. The minimum Gasteiger partial charge on any atom is -0.423 e. The van der Waals surface area contributed by atoms with E-state index in [1.54, 1.807) is 17.8 Å². The quantitative estimate of drug-likeness (QED) is 0.625. The summed E-state index contributed by atoms with van der Waals surface area (Å²) in [7, 11) is 0. The van der Waals surface area contributed by atoms with Gasteiger partial charge in [-0.25, -0.2) is 9.18 Å². The molecule has 0 saturated carbocycles. The van der Waals surface area contributed by atoms with E-state index in [0.717, 1.165) is 39.1 Å². The molecule has 0 radical (unpaired) electrons. The van der Waals surface area contributed by atoms with Crippen LogP contribution in [0, 0.1) is 19.7 Å². The normalized spacial score (nSPS) is 15.9. The Kier molecular flexibility index (Phi) is 5.46. The fraction of sp³-hybridized carbons (Fsp3) is 0.304. The maximum atomic E-state index is 13.6. The Labute approximate surface area is 172 Å². The third kappa shape index (κ3) is 4.08. The lowest BCUT2D eigenvalue weighted by Crippen LogP contribution is -2.31. The van der Waals surface area contributed by atoms with Crippen LogP contribution in [0.3, 0.4) is 0 Å². The van der Waals surface area contributed by atoms with Crippen LogP contribution in [-0.4, -0.2) is 11.7 Å². The third-order valence-corrected chi connectivity index (χ3v) is 6.51. The van der Waals surface area contributed by atoms with Crippen molar-refractivity contribution < 1.29 is 13.6 Å². The van der Waals surface area contributed by atoms with Gasteiger partial charge < -0.3 is 9.73 Å². The monoisotopic (exact) mass is 411 g/mol. The van der Waals surface area contributed by atoms with Crippen molar-refractivity contribution in [3.63, 3.8) is 0 Å². The molecule has 150 valence electrons. The Bertz CT molecular complexity index is 1150. The number of carbonyl (C=O) groups excluding carboxylic acids is 1. The Hall–Kier alpha value is -2.60. The first-order valence-corrected chi connectivity index (χ1v) is 10.7. The van der Waals surface area contributed by atoms with Gasteiger partial charge in [0.05, 0.1) is 6.04 Å². The summed E-state index contributed by atoms with van der Waals surface area (Å²) in [6.45, 7) is 3.83. The Balaban J connectivity index is 1.49. The van der Waals surface area contributed by atoms with Crippen LogP contribution >= 0.6 is 11.8 Å². The second-order valence-corrected chi connectivity index (χ2v) is 8.57. The summed E-state index contributed by atoms with van der Waals surface area (Å²) in [5.74, 6) is 0.418. The molecule has 3 aromatic rings. The van der Waals surface area contributed by atoms with E-state index < -0.39 is 5.63 Å². The summed E-state index contributed by atoms with van der Waals surface area (Å²) in [5, 5.41) is 3.89. The molecule has 0 bridgehead atoms. The first-order valence-electron chi connectivity index (χ1n) is 9.67. The van der Waals surface area contributed by atoms with Crippen molar-refractivity contribution in [2.75, 3.05) is 5.75 Å². The predicted octanol–water partition coefficient (Wildman–Crippen LogP) is 4.83. The molecule has 1 aliphatic rings. The molecule has 0 fully saturated rings. The molecule has 1 N–H and O–H groups in total. The summed E-state index contributed by atoms with van der Waals surface area (Å²) in [6, 6.07) is 10.3. The second kappa shape index (κ2) is 8.03. The summed E-state index contributed by atoms with van der Waals surface area (Å²) < 4.78 is 19.1. The van der Waals surface area contributed by atoms with Crippen molar-refractivity contribution in [3.05, 3.63) is 74.9 Å². The van der Waals surface area contributed by atoms with Crippen molar-refractivity contribution in [2.24, 2.45) is 0 Å². The maximum Gasteiger partial charge on any atom is 0.339 e. The number of hydrogen-bond acceptors (Lipinski definition) is 4. The van der Waals surface area contributed by atoms with E-state index in [2.05, 4.69) is 5.32 Å². The van der Waals surface area contributed by atoms with E-state index in [1.807, 2.05) is 32.0 Å². The smallest absolute Gasteiger partial charge is 0.339 e. The van der Waals surface area contributed by atoms with E-state index in [-0.39, 0.29) is 24.2 Å². The summed E-state index contributed by atoms with van der Waals surface area (Å²) in [4.78, 5) is 26.0. The molecule has 29 heavy (non-hydrogen) atoms. The number of amides is 1. The van der Waals surface area contributed by atoms with Gasteiger partial charge in [-0.2, -0.15) is 0 Å². The van der Waals surface area contributed by atoms with Crippen LogP contribution in [0.15, 0.2) is 50.5 Å². The zero-order valence-electron chi connectivity index (χ0n) is 16.4. The number of aryl methyl sites for hydroxylation is 2. The Morgan fingerprint density at radius 1 is 1.24 bits per heavy atom. The number of benzene rings is 2. The summed E-state index contributed by atoms with van der Waals surface area (Å²) in [6.07, 6.45) is 1.24. The van der Waals surface area contributed by atoms with Gasteiger partial charge in [0.25, 0.3) is 0 Å². The average molecular weight is 411 g/mol. The topological polar surface area (TPSA) is 59.3 Å². The van der Waals surface area contributed by atoms with Gasteiger partial charge in [-0.05, 0) is 67.6 Å². The minimum atomic E-state index is -0.394. The van der Waals surface area contributed by atoms with Crippen LogP contribution in [0.25, 0.3) is 11.0 Å². The van der Waals surface area contributed by atoms with Crippen LogP contribution < -0.4 is 10.9 Å². The number of thioether (sulfide) groups is 1. The number of halogens is 1. The number of nitrogens with one attached hydrogen (secondary N) is 1. The van der Waals surface area contributed by atoms with Crippen LogP contribution in [0.1, 0.15) is 41.1 Å². The van der Waals surface area contributed by atoms with Gasteiger partial charge >= 0.3 is 5.63 Å². The third-order valence-electron chi connectivity index (χ3n) is 5.39. The molecule has 4 nitrogen and oxygen atoms in total. The van der Waals surface area contributed by atoms with E-state index in [9.17, 15) is 14.0 Å². The van der Waals surface area contributed by atoms with Gasteiger partial charge in [0.1, 0.15) is 11.4 Å². The summed E-state index contributed by atoms with van der Waals surface area (Å²) >= 11 is 1.67. The van der Waals surface area contributed by atoms with Crippen LogP contribution in [0.4, 0.5) is 4.39 Å². The highest BCUT2D eigenvalue weighted by Crippen LogP contribution is 2.36. The average Bonchev–Trinajstić information content (AvgIpc) is 2.68. The molecule has 1 aromatic heterocycles. The van der Waals surface area contributed by atoms with Gasteiger partial charge in [-0.1, -0.05) is 12.1 Å². The zero-order chi connectivity index (χ0) is 20.5. The molecular formula is C23H22FNO3S. The molecule has 1 amide bonds. The van der Waals surface area contributed by atoms with Gasteiger partial charge in [-0.15, -0.1) is 11.8 Å². The molecule has 1 aliphatic heterocycles. The second-order valence-electron chi connectivity index (χ2n) is 7.43. The highest BCUT2D eigenvalue weighted by Gasteiger charge is 2.23. The maximum absolute atomic E-state index is 13.6. The minimum absolute atomic E-state index is 0.153. The SMILES string of the molecule is Cc1ccc2c(C)c(CCC(=O)NC3CCSc4ccc(F)cc43)c(=O)oc2c1. The van der Waals surface area contributed by atoms with Crippen molar-refractivity contribution in [3.8, 4) is 0 Å². The molecule has 0 saturated heterocycles. The van der Waals surface area contributed by atoms with Crippen LogP contribution in [-0.2, 0) is 11.2 Å². The number of hydrogen-bond donors (Lipinski definition) is 1. The van der Waals surface area contributed by atoms with E-state index >= 15 is 0 Å². The Morgan fingerprint density at radius 2 is 2.07 bits per heavy atom. The number of fused-ring (bicyclic) bond motifs is 2. The molecule has 1 atom stereocenters. The van der Waals surface area contributed by atoms with Crippen LogP contribution in [0.5, 0.6) is 0 Å². The lowest BCUT2D eigenvalue weighted by molar-refractivity contribution is -0.121. The van der Waals surface area contributed by atoms with Crippen molar-refractivity contribution in [2.45, 2.75) is 44.0 Å². The molecule has 0 aliphatic carbocycles. The highest BCUT2D eigenvalue weighted by atomic mass is 32.2. The lowest BCUT2D eigenvalue weighted by Gasteiger charge is -2.26. The Morgan fingerprint density at radius 3 is 2.90 bits per heavy atom. The fourth-order valence-corrected chi connectivity index (χ4v) is 4.92. The van der Waals surface area contributed by atoms with Gasteiger partial charge in [0, 0.05) is 28.0 Å². The molecule has 2 aromatic carbocycles. The first kappa shape index (κ1) is 19.7.